The Hall–Kier alpha value is -4.38. The summed E-state index contributed by atoms with van der Waals surface area (Å²) in [6.07, 6.45) is 1.11. The van der Waals surface area contributed by atoms with E-state index in [0.29, 0.717) is 18.0 Å². The zero-order valence-corrected chi connectivity index (χ0v) is 33.7. The molecule has 0 spiro atoms. The van der Waals surface area contributed by atoms with E-state index < -0.39 is 72.0 Å². The number of nitrogens with zero attached hydrogens (tertiary/aromatic N) is 3. The summed E-state index contributed by atoms with van der Waals surface area (Å²) in [5.41, 5.74) is -0.555. The molecule has 1 aromatic rings. The van der Waals surface area contributed by atoms with E-state index in [2.05, 4.69) is 31.4 Å². The van der Waals surface area contributed by atoms with E-state index >= 15 is 0 Å². The van der Waals surface area contributed by atoms with Crippen LogP contribution in [-0.2, 0) is 34.9 Å². The summed E-state index contributed by atoms with van der Waals surface area (Å²) < 4.78 is 25.0. The second-order valence-corrected chi connectivity index (χ2v) is 17.5. The molecule has 3 heterocycles. The van der Waals surface area contributed by atoms with E-state index in [9.17, 15) is 33.9 Å². The van der Waals surface area contributed by atoms with Crippen LogP contribution in [0.4, 0.5) is 9.59 Å². The summed E-state index contributed by atoms with van der Waals surface area (Å²) in [6.45, 7) is 14.3. The van der Waals surface area contributed by atoms with Gasteiger partial charge < -0.3 is 44.3 Å². The zero-order chi connectivity index (χ0) is 40.9. The molecule has 2 bridgehead atoms. The number of amides is 6. The molecule has 306 valence electrons. The minimum absolute atomic E-state index is 0.0469. The molecule has 3 aliphatic heterocycles. The number of para-hydroxylation sites is 1. The molecular weight excluding hydrogens is 725 g/mol. The Bertz CT molecular complexity index is 1740. The Morgan fingerprint density at radius 3 is 2.32 bits per heavy atom. The zero-order valence-electron chi connectivity index (χ0n) is 33.7. The molecule has 16 nitrogen and oxygen atoms in total. The first kappa shape index (κ1) is 41.3. The van der Waals surface area contributed by atoms with Crippen LogP contribution >= 0.6 is 0 Å². The van der Waals surface area contributed by atoms with E-state index in [1.807, 2.05) is 0 Å². The van der Waals surface area contributed by atoms with Crippen molar-refractivity contribution in [1.82, 2.24) is 25.3 Å². The number of esters is 1. The summed E-state index contributed by atoms with van der Waals surface area (Å²) in [5, 5.41) is 15.5. The van der Waals surface area contributed by atoms with E-state index in [4.69, 9.17) is 18.8 Å². The van der Waals surface area contributed by atoms with Crippen molar-refractivity contribution in [2.75, 3.05) is 39.8 Å². The molecule has 0 aromatic heterocycles. The van der Waals surface area contributed by atoms with Gasteiger partial charge >= 0.3 is 37.0 Å². The number of ether oxygens (including phenoxy) is 2. The number of carbonyl (C=O) groups is 6. The van der Waals surface area contributed by atoms with Crippen molar-refractivity contribution >= 4 is 42.9 Å². The van der Waals surface area contributed by atoms with Crippen LogP contribution < -0.4 is 15.4 Å². The number of hydrogen-bond acceptors (Lipinski definition) is 10. The summed E-state index contributed by atoms with van der Waals surface area (Å²) in [7, 11) is 0.528. The van der Waals surface area contributed by atoms with Crippen LogP contribution in [0.2, 0.25) is 0 Å². The summed E-state index contributed by atoms with van der Waals surface area (Å²) in [5.74, 6) is -3.37. The van der Waals surface area contributed by atoms with Gasteiger partial charge in [-0.1, -0.05) is 26.0 Å². The van der Waals surface area contributed by atoms with Crippen LogP contribution in [0.25, 0.3) is 0 Å². The van der Waals surface area contributed by atoms with Gasteiger partial charge in [-0.05, 0) is 102 Å². The first-order chi connectivity index (χ1) is 26.3. The first-order valence-corrected chi connectivity index (χ1v) is 19.7. The minimum Gasteiger partial charge on any atom is -0.496 e. The van der Waals surface area contributed by atoms with Crippen molar-refractivity contribution in [3.8, 4) is 5.75 Å². The molecule has 6 fully saturated rings. The smallest absolute Gasteiger partial charge is 0.482 e. The number of likely N-dealkylation sites (tertiary alicyclic amines) is 1. The van der Waals surface area contributed by atoms with Crippen molar-refractivity contribution in [3.05, 3.63) is 29.3 Å². The average molecular weight is 782 g/mol. The number of likely N-dealkylation sites (N-methyl/N-ethyl adjacent to an activating group) is 1. The number of piperidine rings is 1. The lowest BCUT2D eigenvalue weighted by Crippen LogP contribution is -2.65. The number of rotatable bonds is 10. The fraction of sp³-hybridized carbons (Fsp3) is 0.692. The molecule has 3 saturated carbocycles. The molecule has 6 aliphatic rings. The van der Waals surface area contributed by atoms with Crippen molar-refractivity contribution in [2.24, 2.45) is 23.2 Å². The number of hydrogen-bond donors (Lipinski definition) is 3. The summed E-state index contributed by atoms with van der Waals surface area (Å²) in [6, 6.07) is 3.00. The molecule has 56 heavy (non-hydrogen) atoms. The summed E-state index contributed by atoms with van der Waals surface area (Å²) in [4.78, 5) is 82.6. The van der Waals surface area contributed by atoms with Crippen molar-refractivity contribution in [2.45, 2.75) is 110 Å². The van der Waals surface area contributed by atoms with Crippen LogP contribution in [-0.4, -0.2) is 132 Å². The average Bonchev–Trinajstić information content (AvgIpc) is 3.51. The van der Waals surface area contributed by atoms with Crippen LogP contribution in [0.15, 0.2) is 18.2 Å². The van der Waals surface area contributed by atoms with Crippen LogP contribution in [0.3, 0.4) is 0 Å². The van der Waals surface area contributed by atoms with Gasteiger partial charge in [0.05, 0.1) is 24.8 Å². The number of imide groups is 1. The number of piperazine rings is 1. The maximum atomic E-state index is 14.7. The molecule has 6 amide bonds. The Morgan fingerprint density at radius 1 is 1.02 bits per heavy atom. The van der Waals surface area contributed by atoms with Crippen LogP contribution in [0.1, 0.15) is 90.1 Å². The Morgan fingerprint density at radius 2 is 1.71 bits per heavy atom. The molecule has 6 atom stereocenters. The number of carbonyl (C=O) groups excluding carboxylic acids is 5. The van der Waals surface area contributed by atoms with Gasteiger partial charge in [0.25, 0.3) is 0 Å². The van der Waals surface area contributed by atoms with Gasteiger partial charge in [-0.3, -0.25) is 19.3 Å². The molecule has 3 N–H and O–H groups in total. The fourth-order valence-corrected chi connectivity index (χ4v) is 9.48. The minimum atomic E-state index is -1.21. The lowest BCUT2D eigenvalue weighted by molar-refractivity contribution is -0.199. The Labute approximate surface area is 328 Å². The molecule has 17 heteroatoms. The first-order valence-electron chi connectivity index (χ1n) is 19.7. The number of nitrogens with one attached hydrogen (secondary N) is 2. The molecule has 7 rings (SSSR count). The summed E-state index contributed by atoms with van der Waals surface area (Å²) >= 11 is 0. The second kappa shape index (κ2) is 15.5. The van der Waals surface area contributed by atoms with Crippen molar-refractivity contribution in [1.29, 1.82) is 0 Å². The normalized spacial score (nSPS) is 27.2. The highest BCUT2D eigenvalue weighted by atomic mass is 16.7. The van der Waals surface area contributed by atoms with E-state index in [1.165, 1.54) is 16.9 Å². The predicted octanol–water partition coefficient (Wildman–Crippen LogP) is 3.10. The number of benzene rings is 1. The highest BCUT2D eigenvalue weighted by molar-refractivity contribution is 6.48. The maximum Gasteiger partial charge on any atom is 0.482 e. The SMILES string of the molecule is CCN1CCN(C(=O)NC(C(=O)NC(Cc2cccc(C(=O)OC(C)(C)C)c2OC)B2O[C@@H]3C[C@@H]4C[C@@H](C4(C)C)[C@]3(C)O2)C2CCN(C(=O)O)CC2)C(=O)C1=O. The molecule has 2 unspecified atom stereocenters. The molecule has 3 saturated heterocycles. The third-order valence-electron chi connectivity index (χ3n) is 12.8. The molecule has 3 aliphatic carbocycles. The lowest BCUT2D eigenvalue weighted by Gasteiger charge is -2.64. The van der Waals surface area contributed by atoms with Crippen molar-refractivity contribution < 1.29 is 52.7 Å². The third kappa shape index (κ3) is 7.80. The third-order valence-corrected chi connectivity index (χ3v) is 12.8. The maximum absolute atomic E-state index is 14.7. The van der Waals surface area contributed by atoms with E-state index in [-0.39, 0.29) is 74.2 Å². The van der Waals surface area contributed by atoms with Gasteiger partial charge in [-0.2, -0.15) is 0 Å². The monoisotopic (exact) mass is 781 g/mol. The van der Waals surface area contributed by atoms with Crippen LogP contribution in [0.5, 0.6) is 5.75 Å². The molecular formula is C39H56BN5O11. The van der Waals surface area contributed by atoms with Gasteiger partial charge in [0.15, 0.2) is 0 Å². The quantitative estimate of drug-likeness (QED) is 0.180. The fourth-order valence-electron chi connectivity index (χ4n) is 9.48. The highest BCUT2D eigenvalue weighted by Crippen LogP contribution is 2.65. The predicted molar refractivity (Wildman–Crippen MR) is 203 cm³/mol. The van der Waals surface area contributed by atoms with Gasteiger partial charge in [0.2, 0.25) is 5.91 Å². The topological polar surface area (TPSA) is 193 Å². The Kier molecular flexibility index (Phi) is 11.4. The number of urea groups is 1. The van der Waals surface area contributed by atoms with E-state index in [0.717, 1.165) is 17.7 Å². The van der Waals surface area contributed by atoms with Crippen molar-refractivity contribution in [3.63, 3.8) is 0 Å². The van der Waals surface area contributed by atoms with E-state index in [1.54, 1.807) is 45.9 Å². The highest BCUT2D eigenvalue weighted by Gasteiger charge is 2.68. The lowest BCUT2D eigenvalue weighted by atomic mass is 9.43. The second-order valence-electron chi connectivity index (χ2n) is 17.5. The molecule has 0 radical (unpaired) electrons. The Balaban J connectivity index is 1.31. The van der Waals surface area contributed by atoms with Gasteiger partial charge in [0.1, 0.15) is 23.0 Å². The number of carboxylic acid groups (broad SMARTS) is 1. The van der Waals surface area contributed by atoms with Crippen LogP contribution in [0, 0.1) is 23.2 Å². The molecule has 1 aromatic carbocycles. The number of methoxy groups -OCH3 is 1. The van der Waals surface area contributed by atoms with Gasteiger partial charge in [-0.15, -0.1) is 0 Å². The largest absolute Gasteiger partial charge is 0.496 e. The standard InChI is InChI=1S/C39H56BN5O11/c1-9-43-17-18-45(33(48)32(43)47)35(50)42-29(22-13-15-44(16-14-22)36(51)52)31(46)41-28(40-55-27-21-24-20-26(38(24,5)6)39(27,7)56-40)19-23-11-10-12-25(30(23)53-8)34(49)54-37(2,3)4/h10-12,22,24,26-29H,9,13-21H2,1-8H3,(H,41,46)(H,42,50)(H,51,52)/t24-,26-,27+,28?,29?,39-/m0/s1. The van der Waals surface area contributed by atoms with Gasteiger partial charge in [0, 0.05) is 32.7 Å². The van der Waals surface area contributed by atoms with Gasteiger partial charge in [-0.25, -0.2) is 14.4 Å².